The summed E-state index contributed by atoms with van der Waals surface area (Å²) in [7, 11) is 0. The molecular weight excluding hydrogens is 1010 g/mol. The summed E-state index contributed by atoms with van der Waals surface area (Å²) >= 11 is 0. The SMILES string of the molecule is CC/C=C\C/C=C\C/C=C\C/C=C\C/C=C\CCCCCCCCCCCCCCCCCC(=O)OCC(COC(=O)CCCCCCCCCCCCCCC)OC(=O)CCCCCCCCCCCCCCCCCCCCCC. The third kappa shape index (κ3) is 67.9. The molecule has 0 bridgehead atoms. The molecule has 0 rings (SSSR count). The standard InChI is InChI=1S/C76H138O6/c1-4-7-10-13-16-19-22-25-27-29-31-33-34-35-36-37-38-39-40-41-42-43-45-46-48-51-54-57-60-63-66-69-75(78)81-72-73(71-80-74(77)68-65-62-59-56-53-50-24-21-18-15-12-9-6-3)82-76(79)70-67-64-61-58-55-52-49-47-44-32-30-28-26-23-20-17-14-11-8-5-2/h7,10,16,19,25,27,31,33,35-36,73H,4-6,8-9,11-15,17-18,20-24,26,28-30,32,34,37-72H2,1-3H3/b10-7-,19-16-,27-25-,33-31-,36-35-. The fourth-order valence-electron chi connectivity index (χ4n) is 10.9. The maximum atomic E-state index is 13.0. The number of rotatable bonds is 67. The average Bonchev–Trinajstić information content (AvgIpc) is 3.47. The molecule has 0 amide bonds. The van der Waals surface area contributed by atoms with Crippen LogP contribution in [0.3, 0.4) is 0 Å². The summed E-state index contributed by atoms with van der Waals surface area (Å²) in [4.78, 5) is 38.4. The van der Waals surface area contributed by atoms with E-state index in [2.05, 4.69) is 81.5 Å². The number of hydrogen-bond acceptors (Lipinski definition) is 6. The van der Waals surface area contributed by atoms with Crippen molar-refractivity contribution in [3.8, 4) is 0 Å². The van der Waals surface area contributed by atoms with Crippen LogP contribution in [0.2, 0.25) is 0 Å². The molecule has 0 aliphatic heterocycles. The molecule has 0 saturated heterocycles. The van der Waals surface area contributed by atoms with E-state index in [9.17, 15) is 14.4 Å². The summed E-state index contributed by atoms with van der Waals surface area (Å²) in [5, 5.41) is 0. The lowest BCUT2D eigenvalue weighted by Crippen LogP contribution is -2.30. The Morgan fingerprint density at radius 1 is 0.256 bits per heavy atom. The predicted octanol–water partition coefficient (Wildman–Crippen LogP) is 25.1. The van der Waals surface area contributed by atoms with E-state index in [1.165, 1.54) is 257 Å². The van der Waals surface area contributed by atoms with Crippen LogP contribution in [0.5, 0.6) is 0 Å². The van der Waals surface area contributed by atoms with Crippen LogP contribution in [0.25, 0.3) is 0 Å². The van der Waals surface area contributed by atoms with E-state index < -0.39 is 6.10 Å². The quantitative estimate of drug-likeness (QED) is 0.0261. The minimum absolute atomic E-state index is 0.0664. The molecule has 0 aliphatic carbocycles. The lowest BCUT2D eigenvalue weighted by molar-refractivity contribution is -0.167. The van der Waals surface area contributed by atoms with E-state index >= 15 is 0 Å². The lowest BCUT2D eigenvalue weighted by atomic mass is 10.0. The normalized spacial score (nSPS) is 12.4. The number of carbonyl (C=O) groups excluding carboxylic acids is 3. The van der Waals surface area contributed by atoms with Crippen LogP contribution in [-0.4, -0.2) is 37.2 Å². The third-order valence-corrected chi connectivity index (χ3v) is 16.3. The Hall–Kier alpha value is -2.89. The number of esters is 3. The third-order valence-electron chi connectivity index (χ3n) is 16.3. The van der Waals surface area contributed by atoms with E-state index in [1.54, 1.807) is 0 Å². The van der Waals surface area contributed by atoms with Crippen LogP contribution in [0.15, 0.2) is 60.8 Å². The van der Waals surface area contributed by atoms with Gasteiger partial charge in [0.2, 0.25) is 0 Å². The molecule has 0 fully saturated rings. The fourth-order valence-corrected chi connectivity index (χ4v) is 10.9. The topological polar surface area (TPSA) is 78.9 Å². The van der Waals surface area contributed by atoms with E-state index in [1.807, 2.05) is 0 Å². The Bertz CT molecular complexity index is 1460. The Morgan fingerprint density at radius 3 is 0.744 bits per heavy atom. The summed E-state index contributed by atoms with van der Waals surface area (Å²) in [6.07, 6.45) is 91.1. The molecule has 0 saturated carbocycles. The van der Waals surface area contributed by atoms with Gasteiger partial charge in [-0.25, -0.2) is 0 Å². The number of allylic oxidation sites excluding steroid dienone is 10. The molecule has 82 heavy (non-hydrogen) atoms. The van der Waals surface area contributed by atoms with Gasteiger partial charge in [0.05, 0.1) is 0 Å². The smallest absolute Gasteiger partial charge is 0.306 e. The van der Waals surface area contributed by atoms with Crippen LogP contribution in [0.1, 0.15) is 387 Å². The Balaban J connectivity index is 4.18. The fraction of sp³-hybridized carbons (Fsp3) is 0.829. The Labute approximate surface area is 510 Å². The number of unbranched alkanes of at least 4 members (excludes halogenated alkanes) is 46. The minimum Gasteiger partial charge on any atom is -0.462 e. The highest BCUT2D eigenvalue weighted by molar-refractivity contribution is 5.71. The molecule has 1 atom stereocenters. The van der Waals surface area contributed by atoms with Crippen molar-refractivity contribution in [2.75, 3.05) is 13.2 Å². The van der Waals surface area contributed by atoms with Gasteiger partial charge in [-0.2, -0.15) is 0 Å². The monoisotopic (exact) mass is 1150 g/mol. The average molecular weight is 1150 g/mol. The minimum atomic E-state index is -0.770. The van der Waals surface area contributed by atoms with Crippen molar-refractivity contribution < 1.29 is 28.6 Å². The zero-order valence-corrected chi connectivity index (χ0v) is 55.0. The van der Waals surface area contributed by atoms with Gasteiger partial charge in [-0.3, -0.25) is 14.4 Å². The summed E-state index contributed by atoms with van der Waals surface area (Å²) in [6.45, 7) is 6.60. The van der Waals surface area contributed by atoms with Gasteiger partial charge in [0.25, 0.3) is 0 Å². The van der Waals surface area contributed by atoms with Gasteiger partial charge in [-0.1, -0.05) is 364 Å². The van der Waals surface area contributed by atoms with Crippen molar-refractivity contribution in [3.63, 3.8) is 0 Å². The molecule has 0 aliphatic rings. The Kier molecular flexibility index (Phi) is 68.1. The Morgan fingerprint density at radius 2 is 0.476 bits per heavy atom. The van der Waals surface area contributed by atoms with Crippen molar-refractivity contribution in [3.05, 3.63) is 60.8 Å². The van der Waals surface area contributed by atoms with E-state index in [-0.39, 0.29) is 31.1 Å². The highest BCUT2D eigenvalue weighted by atomic mass is 16.6. The van der Waals surface area contributed by atoms with Gasteiger partial charge in [-0.05, 0) is 64.2 Å². The van der Waals surface area contributed by atoms with Gasteiger partial charge in [0, 0.05) is 19.3 Å². The van der Waals surface area contributed by atoms with Crippen molar-refractivity contribution >= 4 is 17.9 Å². The zero-order valence-electron chi connectivity index (χ0n) is 55.0. The maximum Gasteiger partial charge on any atom is 0.306 e. The van der Waals surface area contributed by atoms with Gasteiger partial charge < -0.3 is 14.2 Å². The van der Waals surface area contributed by atoms with Gasteiger partial charge >= 0.3 is 17.9 Å². The summed E-state index contributed by atoms with van der Waals surface area (Å²) in [5.41, 5.74) is 0. The molecule has 0 aromatic carbocycles. The molecular formula is C76H138O6. The first-order valence-corrected chi connectivity index (χ1v) is 36.3. The molecule has 0 aromatic rings. The highest BCUT2D eigenvalue weighted by Gasteiger charge is 2.19. The highest BCUT2D eigenvalue weighted by Crippen LogP contribution is 2.19. The number of ether oxygens (including phenoxy) is 3. The van der Waals surface area contributed by atoms with Crippen LogP contribution >= 0.6 is 0 Å². The number of hydrogen-bond donors (Lipinski definition) is 0. The second kappa shape index (κ2) is 70.6. The second-order valence-corrected chi connectivity index (χ2v) is 24.5. The van der Waals surface area contributed by atoms with Gasteiger partial charge in [0.15, 0.2) is 6.10 Å². The largest absolute Gasteiger partial charge is 0.462 e. The van der Waals surface area contributed by atoms with Crippen LogP contribution in [-0.2, 0) is 28.6 Å². The van der Waals surface area contributed by atoms with Crippen LogP contribution in [0.4, 0.5) is 0 Å². The van der Waals surface area contributed by atoms with Crippen molar-refractivity contribution in [1.82, 2.24) is 0 Å². The first kappa shape index (κ1) is 79.1. The van der Waals surface area contributed by atoms with Crippen molar-refractivity contribution in [2.45, 2.75) is 393 Å². The van der Waals surface area contributed by atoms with Crippen molar-refractivity contribution in [2.24, 2.45) is 0 Å². The molecule has 0 aromatic heterocycles. The van der Waals surface area contributed by atoms with E-state index in [4.69, 9.17) is 14.2 Å². The first-order valence-electron chi connectivity index (χ1n) is 36.3. The zero-order chi connectivity index (χ0) is 59.2. The molecule has 1 unspecified atom stereocenters. The van der Waals surface area contributed by atoms with Crippen molar-refractivity contribution in [1.29, 1.82) is 0 Å². The molecule has 6 nitrogen and oxygen atoms in total. The van der Waals surface area contributed by atoms with Crippen LogP contribution < -0.4 is 0 Å². The molecule has 0 N–H and O–H groups in total. The first-order chi connectivity index (χ1) is 40.5. The molecule has 0 spiro atoms. The van der Waals surface area contributed by atoms with E-state index in [0.717, 1.165) is 89.9 Å². The lowest BCUT2D eigenvalue weighted by Gasteiger charge is -2.18. The molecule has 0 radical (unpaired) electrons. The second-order valence-electron chi connectivity index (χ2n) is 24.5. The molecule has 0 heterocycles. The van der Waals surface area contributed by atoms with Crippen LogP contribution in [0, 0.1) is 0 Å². The van der Waals surface area contributed by atoms with E-state index in [0.29, 0.717) is 19.3 Å². The predicted molar refractivity (Wildman–Crippen MR) is 358 cm³/mol. The summed E-state index contributed by atoms with van der Waals surface area (Å²) < 4.78 is 17.0. The molecule has 478 valence electrons. The van der Waals surface area contributed by atoms with Gasteiger partial charge in [0.1, 0.15) is 13.2 Å². The summed E-state index contributed by atoms with van der Waals surface area (Å²) in [6, 6.07) is 0. The number of carbonyl (C=O) groups is 3. The molecule has 6 heteroatoms. The van der Waals surface area contributed by atoms with Gasteiger partial charge in [-0.15, -0.1) is 0 Å². The summed E-state index contributed by atoms with van der Waals surface area (Å²) in [5.74, 6) is -0.837. The maximum absolute atomic E-state index is 13.0.